The summed E-state index contributed by atoms with van der Waals surface area (Å²) in [5, 5.41) is 9.73. The molecule has 2 heterocycles. The van der Waals surface area contributed by atoms with Gasteiger partial charge >= 0.3 is 0 Å². The highest BCUT2D eigenvalue weighted by Gasteiger charge is 2.47. The standard InChI is InChI=1S/C9H16O4/c1-5-3-4-6-8(12-5)7(10)9(11-2)13-6/h5-10H,3-4H2,1-2H3/t5-,6+,7+,8+,9+/m0/s1. The Morgan fingerprint density at radius 1 is 1.31 bits per heavy atom. The predicted molar refractivity (Wildman–Crippen MR) is 45.2 cm³/mol. The van der Waals surface area contributed by atoms with Crippen LogP contribution in [0.1, 0.15) is 19.8 Å². The summed E-state index contributed by atoms with van der Waals surface area (Å²) < 4.78 is 16.1. The molecule has 0 bridgehead atoms. The second-order valence-corrected chi connectivity index (χ2v) is 3.76. The van der Waals surface area contributed by atoms with Gasteiger partial charge in [-0.25, -0.2) is 0 Å². The number of rotatable bonds is 1. The van der Waals surface area contributed by atoms with Crippen LogP contribution in [-0.2, 0) is 14.2 Å². The van der Waals surface area contributed by atoms with Crippen molar-refractivity contribution in [2.75, 3.05) is 7.11 Å². The number of methoxy groups -OCH3 is 1. The fourth-order valence-corrected chi connectivity index (χ4v) is 2.04. The molecule has 2 aliphatic rings. The highest BCUT2D eigenvalue weighted by Crippen LogP contribution is 2.32. The first-order valence-electron chi connectivity index (χ1n) is 4.74. The molecule has 1 N–H and O–H groups in total. The maximum absolute atomic E-state index is 9.73. The molecule has 2 rings (SSSR count). The van der Waals surface area contributed by atoms with Crippen molar-refractivity contribution in [1.82, 2.24) is 0 Å². The Morgan fingerprint density at radius 3 is 2.77 bits per heavy atom. The van der Waals surface area contributed by atoms with Crippen LogP contribution in [0.3, 0.4) is 0 Å². The summed E-state index contributed by atoms with van der Waals surface area (Å²) in [6.07, 6.45) is 0.811. The Balaban J connectivity index is 2.03. The van der Waals surface area contributed by atoms with Crippen molar-refractivity contribution in [3.63, 3.8) is 0 Å². The lowest BCUT2D eigenvalue weighted by atomic mass is 10.0. The van der Waals surface area contributed by atoms with Gasteiger partial charge in [-0.15, -0.1) is 0 Å². The normalized spacial score (nSPS) is 50.5. The summed E-state index contributed by atoms with van der Waals surface area (Å²) in [5.41, 5.74) is 0. The average molecular weight is 188 g/mol. The number of ether oxygens (including phenoxy) is 3. The second kappa shape index (κ2) is 3.53. The summed E-state index contributed by atoms with van der Waals surface area (Å²) in [5.74, 6) is 0. The maximum Gasteiger partial charge on any atom is 0.186 e. The van der Waals surface area contributed by atoms with Gasteiger partial charge in [-0.05, 0) is 19.8 Å². The molecule has 0 aromatic rings. The first kappa shape index (κ1) is 9.40. The van der Waals surface area contributed by atoms with Gasteiger partial charge in [0.1, 0.15) is 12.2 Å². The van der Waals surface area contributed by atoms with Crippen LogP contribution in [0.5, 0.6) is 0 Å². The molecule has 2 aliphatic heterocycles. The van der Waals surface area contributed by atoms with E-state index in [0.717, 1.165) is 12.8 Å². The zero-order chi connectivity index (χ0) is 9.42. The summed E-state index contributed by atoms with van der Waals surface area (Å²) in [4.78, 5) is 0. The van der Waals surface area contributed by atoms with Crippen LogP contribution in [0, 0.1) is 0 Å². The molecular weight excluding hydrogens is 172 g/mol. The van der Waals surface area contributed by atoms with E-state index in [2.05, 4.69) is 0 Å². The molecule has 0 aromatic carbocycles. The van der Waals surface area contributed by atoms with Crippen molar-refractivity contribution >= 4 is 0 Å². The molecule has 0 aromatic heterocycles. The van der Waals surface area contributed by atoms with Crippen molar-refractivity contribution in [3.8, 4) is 0 Å². The molecule has 0 spiro atoms. The minimum Gasteiger partial charge on any atom is -0.385 e. The SMILES string of the molecule is CO[C@@H]1O[C@@H]2CC[C@H](C)O[C@H]2[C@H]1O. The van der Waals surface area contributed by atoms with E-state index in [-0.39, 0.29) is 18.3 Å². The second-order valence-electron chi connectivity index (χ2n) is 3.76. The molecule has 5 atom stereocenters. The van der Waals surface area contributed by atoms with Gasteiger partial charge in [-0.3, -0.25) is 0 Å². The van der Waals surface area contributed by atoms with E-state index in [1.807, 2.05) is 6.92 Å². The molecule has 4 heteroatoms. The molecule has 4 nitrogen and oxygen atoms in total. The van der Waals surface area contributed by atoms with Crippen molar-refractivity contribution in [2.45, 2.75) is 50.5 Å². The highest BCUT2D eigenvalue weighted by atomic mass is 16.7. The Bertz CT molecular complexity index is 182. The minimum absolute atomic E-state index is 0.0103. The van der Waals surface area contributed by atoms with Gasteiger partial charge in [0.15, 0.2) is 6.29 Å². The maximum atomic E-state index is 9.73. The number of hydrogen-bond acceptors (Lipinski definition) is 4. The highest BCUT2D eigenvalue weighted by molar-refractivity contribution is 4.91. The fraction of sp³-hybridized carbons (Fsp3) is 1.00. The van der Waals surface area contributed by atoms with Gasteiger partial charge in [-0.1, -0.05) is 0 Å². The van der Waals surface area contributed by atoms with Crippen molar-refractivity contribution in [1.29, 1.82) is 0 Å². The quantitative estimate of drug-likeness (QED) is 0.642. The number of hydrogen-bond donors (Lipinski definition) is 1. The average Bonchev–Trinajstić information content (AvgIpc) is 2.44. The van der Waals surface area contributed by atoms with Gasteiger partial charge < -0.3 is 19.3 Å². The van der Waals surface area contributed by atoms with E-state index in [4.69, 9.17) is 14.2 Å². The molecule has 0 unspecified atom stereocenters. The lowest BCUT2D eigenvalue weighted by molar-refractivity contribution is -0.149. The molecule has 0 radical (unpaired) electrons. The number of fused-ring (bicyclic) bond motifs is 1. The lowest BCUT2D eigenvalue weighted by Crippen LogP contribution is -2.41. The predicted octanol–water partition coefficient (Wildman–Crippen LogP) is 0.286. The van der Waals surface area contributed by atoms with Gasteiger partial charge in [0.2, 0.25) is 0 Å². The van der Waals surface area contributed by atoms with Gasteiger partial charge in [0.05, 0.1) is 12.2 Å². The Hall–Kier alpha value is -0.160. The number of aliphatic hydroxyl groups excluding tert-OH is 1. The zero-order valence-corrected chi connectivity index (χ0v) is 7.97. The van der Waals surface area contributed by atoms with Crippen LogP contribution < -0.4 is 0 Å². The van der Waals surface area contributed by atoms with Crippen LogP contribution in [0.15, 0.2) is 0 Å². The summed E-state index contributed by atoms with van der Waals surface area (Å²) in [6, 6.07) is 0. The molecule has 2 saturated heterocycles. The lowest BCUT2D eigenvalue weighted by Gasteiger charge is -2.30. The van der Waals surface area contributed by atoms with Gasteiger partial charge in [-0.2, -0.15) is 0 Å². The van der Waals surface area contributed by atoms with E-state index >= 15 is 0 Å². The van der Waals surface area contributed by atoms with Crippen molar-refractivity contribution in [2.24, 2.45) is 0 Å². The minimum atomic E-state index is -0.641. The first-order chi connectivity index (χ1) is 6.22. The van der Waals surface area contributed by atoms with Gasteiger partial charge in [0, 0.05) is 7.11 Å². The molecule has 0 amide bonds. The van der Waals surface area contributed by atoms with E-state index in [0.29, 0.717) is 0 Å². The van der Waals surface area contributed by atoms with Crippen LogP contribution >= 0.6 is 0 Å². The van der Waals surface area contributed by atoms with Crippen molar-refractivity contribution < 1.29 is 19.3 Å². The van der Waals surface area contributed by atoms with Gasteiger partial charge in [0.25, 0.3) is 0 Å². The molecule has 13 heavy (non-hydrogen) atoms. The Labute approximate surface area is 77.8 Å². The monoisotopic (exact) mass is 188 g/mol. The zero-order valence-electron chi connectivity index (χ0n) is 7.97. The van der Waals surface area contributed by atoms with Crippen LogP contribution in [0.4, 0.5) is 0 Å². The largest absolute Gasteiger partial charge is 0.385 e. The molecular formula is C9H16O4. The third-order valence-electron chi connectivity index (χ3n) is 2.77. The summed E-state index contributed by atoms with van der Waals surface area (Å²) in [7, 11) is 1.54. The fourth-order valence-electron chi connectivity index (χ4n) is 2.04. The van der Waals surface area contributed by atoms with Crippen molar-refractivity contribution in [3.05, 3.63) is 0 Å². The van der Waals surface area contributed by atoms with E-state index in [1.165, 1.54) is 7.11 Å². The van der Waals surface area contributed by atoms with Crippen LogP contribution in [0.2, 0.25) is 0 Å². The van der Waals surface area contributed by atoms with Crippen LogP contribution in [-0.4, -0.2) is 42.9 Å². The molecule has 76 valence electrons. The third-order valence-corrected chi connectivity index (χ3v) is 2.77. The Morgan fingerprint density at radius 2 is 2.08 bits per heavy atom. The molecule has 0 aliphatic carbocycles. The van der Waals surface area contributed by atoms with E-state index in [1.54, 1.807) is 0 Å². The Kier molecular flexibility index (Phi) is 2.55. The van der Waals surface area contributed by atoms with Crippen LogP contribution in [0.25, 0.3) is 0 Å². The smallest absolute Gasteiger partial charge is 0.186 e. The molecule has 2 fully saturated rings. The topological polar surface area (TPSA) is 47.9 Å². The summed E-state index contributed by atoms with van der Waals surface area (Å²) in [6.45, 7) is 2.02. The van der Waals surface area contributed by atoms with E-state index in [9.17, 15) is 5.11 Å². The van der Waals surface area contributed by atoms with E-state index < -0.39 is 12.4 Å². The third kappa shape index (κ3) is 1.59. The first-order valence-corrected chi connectivity index (χ1v) is 4.74. The summed E-state index contributed by atoms with van der Waals surface area (Å²) >= 11 is 0. The number of aliphatic hydroxyl groups is 1. The molecule has 0 saturated carbocycles.